The van der Waals surface area contributed by atoms with Crippen LogP contribution in [-0.2, 0) is 14.3 Å². The number of rotatable bonds is 7. The lowest BCUT2D eigenvalue weighted by Crippen LogP contribution is -2.14. The first-order valence-electron chi connectivity index (χ1n) is 4.79. The molecule has 0 radical (unpaired) electrons. The number of ether oxygens (including phenoxy) is 2. The van der Waals surface area contributed by atoms with Crippen LogP contribution >= 0.6 is 0 Å². The molecular weight excluding hydrogens is 212 g/mol. The molecule has 0 rings (SSSR count). The molecule has 0 aliphatic carbocycles. The normalized spacial score (nSPS) is 13.4. The van der Waals surface area contributed by atoms with E-state index in [4.69, 9.17) is 14.6 Å². The lowest BCUT2D eigenvalue weighted by atomic mass is 10.1. The Morgan fingerprint density at radius 1 is 1.50 bits per heavy atom. The number of esters is 1. The monoisotopic (exact) mass is 230 g/mol. The van der Waals surface area contributed by atoms with Gasteiger partial charge in [-0.05, 0) is 17.2 Å². The van der Waals surface area contributed by atoms with Crippen LogP contribution in [0.25, 0.3) is 0 Å². The summed E-state index contributed by atoms with van der Waals surface area (Å²) in [4.78, 5) is 10.6. The van der Waals surface area contributed by atoms with E-state index in [9.17, 15) is 9.90 Å². The predicted molar refractivity (Wildman–Crippen MR) is 58.8 cm³/mol. The fraction of sp³-hybridized carbons (Fsp3) is 0.545. The molecule has 0 bridgehead atoms. The van der Waals surface area contributed by atoms with Crippen LogP contribution in [0.1, 0.15) is 6.92 Å². The molecule has 1 unspecified atom stereocenters. The van der Waals surface area contributed by atoms with E-state index in [1.807, 2.05) is 0 Å². The van der Waals surface area contributed by atoms with Crippen molar-refractivity contribution < 1.29 is 24.5 Å². The van der Waals surface area contributed by atoms with Gasteiger partial charge in [-0.3, -0.25) is 4.79 Å². The minimum atomic E-state index is -0.919. The van der Waals surface area contributed by atoms with Crippen LogP contribution in [0.3, 0.4) is 0 Å². The minimum absolute atomic E-state index is 0.0385. The second-order valence-electron chi connectivity index (χ2n) is 3.30. The van der Waals surface area contributed by atoms with Crippen LogP contribution in [0.15, 0.2) is 23.8 Å². The summed E-state index contributed by atoms with van der Waals surface area (Å²) in [7, 11) is 1.49. The summed E-state index contributed by atoms with van der Waals surface area (Å²) in [6, 6.07) is 0. The lowest BCUT2D eigenvalue weighted by Gasteiger charge is -2.11. The van der Waals surface area contributed by atoms with Gasteiger partial charge in [-0.2, -0.15) is 0 Å². The van der Waals surface area contributed by atoms with Gasteiger partial charge in [0, 0.05) is 14.0 Å². The van der Waals surface area contributed by atoms with Crippen molar-refractivity contribution in [1.29, 1.82) is 0 Å². The summed E-state index contributed by atoms with van der Waals surface area (Å²) in [6.07, 6.45) is 0.474. The molecule has 1 atom stereocenters. The number of carbonyl (C=O) groups excluding carboxylic acids is 1. The molecule has 0 saturated carbocycles. The van der Waals surface area contributed by atoms with E-state index in [1.54, 1.807) is 0 Å². The van der Waals surface area contributed by atoms with Crippen LogP contribution in [0.4, 0.5) is 0 Å². The van der Waals surface area contributed by atoms with Crippen molar-refractivity contribution in [2.75, 3.05) is 26.9 Å². The molecule has 5 heteroatoms. The zero-order valence-electron chi connectivity index (χ0n) is 9.60. The third-order valence-electron chi connectivity index (χ3n) is 1.81. The lowest BCUT2D eigenvalue weighted by molar-refractivity contribution is -0.140. The van der Waals surface area contributed by atoms with Crippen molar-refractivity contribution >= 4 is 5.97 Å². The van der Waals surface area contributed by atoms with E-state index < -0.39 is 12.1 Å². The SMILES string of the molecule is C=C(COC)C(O)C=C(CO)COC(C)=O. The van der Waals surface area contributed by atoms with Gasteiger partial charge in [-0.25, -0.2) is 0 Å². The molecule has 5 nitrogen and oxygen atoms in total. The third-order valence-corrected chi connectivity index (χ3v) is 1.81. The molecule has 0 amide bonds. The zero-order chi connectivity index (χ0) is 12.6. The quantitative estimate of drug-likeness (QED) is 0.477. The smallest absolute Gasteiger partial charge is 0.302 e. The van der Waals surface area contributed by atoms with Gasteiger partial charge in [0.1, 0.15) is 6.61 Å². The van der Waals surface area contributed by atoms with E-state index >= 15 is 0 Å². The average molecular weight is 230 g/mol. The fourth-order valence-corrected chi connectivity index (χ4v) is 0.953. The first-order chi connectivity index (χ1) is 7.51. The number of hydrogen-bond donors (Lipinski definition) is 2. The van der Waals surface area contributed by atoms with Gasteiger partial charge in [-0.1, -0.05) is 6.58 Å². The number of aliphatic hydroxyl groups is 2. The second kappa shape index (κ2) is 8.04. The summed E-state index contributed by atoms with van der Waals surface area (Å²) in [5, 5.41) is 18.6. The molecule has 0 aromatic heterocycles. The minimum Gasteiger partial charge on any atom is -0.461 e. The fourth-order valence-electron chi connectivity index (χ4n) is 0.953. The number of hydrogen-bond acceptors (Lipinski definition) is 5. The Hall–Kier alpha value is -1.17. The Morgan fingerprint density at radius 2 is 2.12 bits per heavy atom. The number of methoxy groups -OCH3 is 1. The van der Waals surface area contributed by atoms with E-state index in [0.29, 0.717) is 11.1 Å². The zero-order valence-corrected chi connectivity index (χ0v) is 9.60. The van der Waals surface area contributed by atoms with Gasteiger partial charge < -0.3 is 19.7 Å². The molecule has 0 aliphatic rings. The summed E-state index contributed by atoms with van der Waals surface area (Å²) >= 11 is 0. The largest absolute Gasteiger partial charge is 0.461 e. The van der Waals surface area contributed by atoms with Crippen molar-refractivity contribution in [2.45, 2.75) is 13.0 Å². The Bertz CT molecular complexity index is 270. The molecular formula is C11H18O5. The molecule has 92 valence electrons. The molecule has 0 aromatic rings. The van der Waals surface area contributed by atoms with Gasteiger partial charge in [0.25, 0.3) is 0 Å². The van der Waals surface area contributed by atoms with E-state index in [-0.39, 0.29) is 19.8 Å². The standard InChI is InChI=1S/C11H18O5/c1-8(6-15-3)11(14)4-10(5-12)7-16-9(2)13/h4,11-12,14H,1,5-7H2,2-3H3. The van der Waals surface area contributed by atoms with Crippen LogP contribution in [0.2, 0.25) is 0 Å². The second-order valence-corrected chi connectivity index (χ2v) is 3.30. The number of carbonyl (C=O) groups is 1. The molecule has 0 heterocycles. The Kier molecular flexibility index (Phi) is 7.45. The topological polar surface area (TPSA) is 76.0 Å². The highest BCUT2D eigenvalue weighted by atomic mass is 16.5. The van der Waals surface area contributed by atoms with E-state index in [2.05, 4.69) is 6.58 Å². The molecule has 0 aromatic carbocycles. The van der Waals surface area contributed by atoms with E-state index in [1.165, 1.54) is 20.1 Å². The highest BCUT2D eigenvalue weighted by Gasteiger charge is 2.08. The Labute approximate surface area is 95.0 Å². The number of aliphatic hydroxyl groups excluding tert-OH is 2. The molecule has 0 aliphatic heterocycles. The summed E-state index contributed by atoms with van der Waals surface area (Å²) < 4.78 is 9.50. The van der Waals surface area contributed by atoms with Gasteiger partial charge in [0.2, 0.25) is 0 Å². The Balaban J connectivity index is 4.32. The highest BCUT2D eigenvalue weighted by Crippen LogP contribution is 2.05. The van der Waals surface area contributed by atoms with Gasteiger partial charge in [0.15, 0.2) is 0 Å². The van der Waals surface area contributed by atoms with Gasteiger partial charge >= 0.3 is 5.97 Å². The van der Waals surface area contributed by atoms with Crippen molar-refractivity contribution in [3.8, 4) is 0 Å². The van der Waals surface area contributed by atoms with Crippen LogP contribution in [0, 0.1) is 0 Å². The summed E-state index contributed by atoms with van der Waals surface area (Å²) in [5.74, 6) is -0.440. The van der Waals surface area contributed by atoms with Crippen molar-refractivity contribution in [1.82, 2.24) is 0 Å². The first-order valence-corrected chi connectivity index (χ1v) is 4.79. The van der Waals surface area contributed by atoms with Crippen LogP contribution in [-0.4, -0.2) is 49.2 Å². The summed E-state index contributed by atoms with van der Waals surface area (Å²) in [6.45, 7) is 4.79. The molecule has 2 N–H and O–H groups in total. The van der Waals surface area contributed by atoms with E-state index in [0.717, 1.165) is 0 Å². The molecule has 0 fully saturated rings. The van der Waals surface area contributed by atoms with Crippen LogP contribution in [0.5, 0.6) is 0 Å². The first kappa shape index (κ1) is 14.8. The van der Waals surface area contributed by atoms with Gasteiger partial charge in [-0.15, -0.1) is 0 Å². The Morgan fingerprint density at radius 3 is 2.56 bits per heavy atom. The third kappa shape index (κ3) is 6.34. The predicted octanol–water partition coefficient (Wildman–Crippen LogP) is 0.0317. The van der Waals surface area contributed by atoms with Crippen LogP contribution < -0.4 is 0 Å². The van der Waals surface area contributed by atoms with Crippen molar-refractivity contribution in [3.63, 3.8) is 0 Å². The maximum atomic E-state index is 10.6. The maximum absolute atomic E-state index is 10.6. The average Bonchev–Trinajstić information content (AvgIpc) is 2.23. The van der Waals surface area contributed by atoms with Crippen molar-refractivity contribution in [2.24, 2.45) is 0 Å². The molecule has 0 spiro atoms. The molecule has 0 saturated heterocycles. The highest BCUT2D eigenvalue weighted by molar-refractivity contribution is 5.66. The maximum Gasteiger partial charge on any atom is 0.302 e. The van der Waals surface area contributed by atoms with Crippen molar-refractivity contribution in [3.05, 3.63) is 23.8 Å². The molecule has 16 heavy (non-hydrogen) atoms. The summed E-state index contributed by atoms with van der Waals surface area (Å²) in [5.41, 5.74) is 0.885. The van der Waals surface area contributed by atoms with Gasteiger partial charge in [0.05, 0.1) is 19.3 Å².